The van der Waals surface area contributed by atoms with Crippen molar-refractivity contribution in [1.29, 1.82) is 0 Å². The van der Waals surface area contributed by atoms with Crippen LogP contribution in [0.25, 0.3) is 0 Å². The number of alkyl halides is 3. The van der Waals surface area contributed by atoms with Crippen molar-refractivity contribution >= 4 is 16.1 Å². The van der Waals surface area contributed by atoms with Crippen LogP contribution in [0, 0.1) is 0 Å². The molecule has 1 fully saturated rings. The summed E-state index contributed by atoms with van der Waals surface area (Å²) < 4.78 is 70.3. The molecule has 0 amide bonds. The zero-order chi connectivity index (χ0) is 20.3. The number of carbonyl (C=O) groups is 1. The van der Waals surface area contributed by atoms with Crippen LogP contribution in [0.5, 0.6) is 0 Å². The van der Waals surface area contributed by atoms with Gasteiger partial charge < -0.3 is 19.3 Å². The van der Waals surface area contributed by atoms with Crippen molar-refractivity contribution in [2.45, 2.75) is 51.0 Å². The second kappa shape index (κ2) is 11.6. The quantitative estimate of drug-likeness (QED) is 0.329. The molecule has 1 heterocycles. The van der Waals surface area contributed by atoms with Crippen LogP contribution in [0.1, 0.15) is 33.6 Å². The van der Waals surface area contributed by atoms with Gasteiger partial charge in [0.05, 0.1) is 13.2 Å². The minimum Gasteiger partial charge on any atom is -0.463 e. The number of hydrogen-bond donors (Lipinski definition) is 1. The lowest BCUT2D eigenvalue weighted by atomic mass is 10.2. The largest absolute Gasteiger partial charge is 0.523 e. The molecular formula is C13H25F3O8S. The van der Waals surface area contributed by atoms with E-state index in [0.717, 1.165) is 19.4 Å². The van der Waals surface area contributed by atoms with Crippen LogP contribution < -0.4 is 0 Å². The van der Waals surface area contributed by atoms with Crippen LogP contribution in [0.2, 0.25) is 0 Å². The molecule has 25 heavy (non-hydrogen) atoms. The van der Waals surface area contributed by atoms with E-state index in [2.05, 4.69) is 8.92 Å². The molecule has 0 radical (unpaired) electrons. The lowest BCUT2D eigenvalue weighted by Gasteiger charge is -2.12. The molecule has 12 heteroatoms. The normalized spacial score (nSPS) is 17.7. The fraction of sp³-hybridized carbons (Fsp3) is 0.923. The number of rotatable bonds is 4. The highest BCUT2D eigenvalue weighted by Crippen LogP contribution is 2.23. The van der Waals surface area contributed by atoms with Gasteiger partial charge in [0.1, 0.15) is 6.61 Å². The molecular weight excluding hydrogens is 373 g/mol. The zero-order valence-corrected chi connectivity index (χ0v) is 15.6. The van der Waals surface area contributed by atoms with Gasteiger partial charge in [-0.05, 0) is 26.7 Å². The summed E-state index contributed by atoms with van der Waals surface area (Å²) in [7, 11) is -3.43. The van der Waals surface area contributed by atoms with Crippen LogP contribution in [-0.2, 0) is 33.3 Å². The summed E-state index contributed by atoms with van der Waals surface area (Å²) in [6.45, 7) is 5.80. The Kier molecular flexibility index (Phi) is 12.2. The maximum atomic E-state index is 11.1. The summed E-state index contributed by atoms with van der Waals surface area (Å²) in [6, 6.07) is 0. The van der Waals surface area contributed by atoms with Crippen molar-refractivity contribution < 1.29 is 49.9 Å². The molecule has 0 aromatic carbocycles. The van der Waals surface area contributed by atoms with E-state index in [0.29, 0.717) is 13.7 Å². The maximum Gasteiger partial charge on any atom is 0.523 e. The Labute approximate surface area is 145 Å². The number of halogens is 3. The number of hydrogen-bond acceptors (Lipinski definition) is 8. The van der Waals surface area contributed by atoms with Gasteiger partial charge in [-0.1, -0.05) is 0 Å². The monoisotopic (exact) mass is 398 g/mol. The van der Waals surface area contributed by atoms with Gasteiger partial charge in [-0.15, -0.1) is 0 Å². The summed E-state index contributed by atoms with van der Waals surface area (Å²) in [5, 5.41) is 8.60. The summed E-state index contributed by atoms with van der Waals surface area (Å²) >= 11 is 0. The van der Waals surface area contributed by atoms with E-state index in [1.54, 1.807) is 13.8 Å². The van der Waals surface area contributed by atoms with Gasteiger partial charge in [-0.25, -0.2) is 0 Å². The van der Waals surface area contributed by atoms with Crippen LogP contribution in [0.3, 0.4) is 0 Å². The Bertz CT molecular complexity index is 465. The van der Waals surface area contributed by atoms with Crippen LogP contribution in [-0.4, -0.2) is 64.3 Å². The molecule has 1 atom stereocenters. The molecule has 1 N–H and O–H groups in total. The first-order valence-electron chi connectivity index (χ1n) is 7.05. The highest BCUT2D eigenvalue weighted by Gasteiger charge is 2.46. The summed E-state index contributed by atoms with van der Waals surface area (Å²) in [5.41, 5.74) is -5.30. The van der Waals surface area contributed by atoms with Gasteiger partial charge in [0, 0.05) is 20.6 Å². The van der Waals surface area contributed by atoms with Gasteiger partial charge in [-0.3, -0.25) is 8.98 Å². The number of esters is 1. The summed E-state index contributed by atoms with van der Waals surface area (Å²) in [6.07, 6.45) is 2.27. The topological polar surface area (TPSA) is 108 Å². The van der Waals surface area contributed by atoms with Crippen molar-refractivity contribution in [2.24, 2.45) is 0 Å². The van der Waals surface area contributed by atoms with E-state index in [-0.39, 0.29) is 12.1 Å². The smallest absolute Gasteiger partial charge is 0.463 e. The number of ether oxygens (including phenoxy) is 3. The third-order valence-electron chi connectivity index (χ3n) is 2.50. The molecule has 1 rings (SSSR count). The average Bonchev–Trinajstić information content (AvgIpc) is 2.98. The van der Waals surface area contributed by atoms with E-state index < -0.39 is 21.4 Å². The Balaban J connectivity index is 0. The van der Waals surface area contributed by atoms with E-state index in [1.165, 1.54) is 14.0 Å². The van der Waals surface area contributed by atoms with Crippen molar-refractivity contribution in [3.05, 3.63) is 0 Å². The lowest BCUT2D eigenvalue weighted by Crippen LogP contribution is -2.23. The number of methoxy groups -OCH3 is 1. The lowest BCUT2D eigenvalue weighted by molar-refractivity contribution is -0.155. The Hall–Kier alpha value is -0.950. The average molecular weight is 398 g/mol. The number of aliphatic hydroxyl groups is 1. The van der Waals surface area contributed by atoms with Gasteiger partial charge in [0.25, 0.3) is 0 Å². The highest BCUT2D eigenvalue weighted by atomic mass is 32.2. The van der Waals surface area contributed by atoms with Crippen molar-refractivity contribution in [3.63, 3.8) is 0 Å². The highest BCUT2D eigenvalue weighted by molar-refractivity contribution is 7.87. The molecule has 0 aromatic heterocycles. The predicted octanol–water partition coefficient (Wildman–Crippen LogP) is 1.57. The molecule has 0 aromatic rings. The standard InChI is InChI=1S/C7H12O3.C4H10O2.C2H3F3O3S/c1-6(8)10-5-7-3-2-4-9-7;1-4(2,5)6-3;1-8-9(6,7)2(3,4)5/h7H,2-5H2,1H3;5H,1-3H3;1H3/t7-;;/m0../s1. The van der Waals surface area contributed by atoms with Crippen molar-refractivity contribution in [2.75, 3.05) is 27.4 Å². The van der Waals surface area contributed by atoms with E-state index >= 15 is 0 Å². The first-order chi connectivity index (χ1) is 11.2. The minimum atomic E-state index is -5.34. The van der Waals surface area contributed by atoms with Gasteiger partial charge in [0.15, 0.2) is 5.79 Å². The molecule has 0 saturated carbocycles. The molecule has 0 spiro atoms. The Morgan fingerprint density at radius 2 is 1.76 bits per heavy atom. The minimum absolute atomic E-state index is 0.156. The summed E-state index contributed by atoms with van der Waals surface area (Å²) in [5.74, 6) is -1.18. The fourth-order valence-electron chi connectivity index (χ4n) is 1.08. The van der Waals surface area contributed by atoms with Gasteiger partial charge in [-0.2, -0.15) is 21.6 Å². The van der Waals surface area contributed by atoms with E-state index in [1.807, 2.05) is 0 Å². The van der Waals surface area contributed by atoms with Crippen molar-refractivity contribution in [3.8, 4) is 0 Å². The first kappa shape index (κ1) is 26.3. The first-order valence-corrected chi connectivity index (χ1v) is 8.46. The molecule has 1 saturated heterocycles. The predicted molar refractivity (Wildman–Crippen MR) is 80.9 cm³/mol. The third-order valence-corrected chi connectivity index (χ3v) is 3.50. The Morgan fingerprint density at radius 3 is 1.96 bits per heavy atom. The van der Waals surface area contributed by atoms with Crippen LogP contribution >= 0.6 is 0 Å². The van der Waals surface area contributed by atoms with Gasteiger partial charge in [0.2, 0.25) is 0 Å². The molecule has 152 valence electrons. The van der Waals surface area contributed by atoms with Crippen molar-refractivity contribution in [1.82, 2.24) is 0 Å². The molecule has 0 aliphatic carbocycles. The van der Waals surface area contributed by atoms with E-state index in [4.69, 9.17) is 14.6 Å². The maximum absolute atomic E-state index is 11.1. The fourth-order valence-corrected chi connectivity index (χ4v) is 1.27. The second-order valence-corrected chi connectivity index (χ2v) is 6.86. The second-order valence-electron chi connectivity index (χ2n) is 5.16. The van der Waals surface area contributed by atoms with Gasteiger partial charge >= 0.3 is 21.6 Å². The Morgan fingerprint density at radius 1 is 1.28 bits per heavy atom. The number of carbonyl (C=O) groups excluding carboxylic acids is 1. The molecule has 1 aliphatic heterocycles. The van der Waals surface area contributed by atoms with Crippen LogP contribution in [0.4, 0.5) is 13.2 Å². The molecule has 8 nitrogen and oxygen atoms in total. The van der Waals surface area contributed by atoms with E-state index in [9.17, 15) is 26.4 Å². The zero-order valence-electron chi connectivity index (χ0n) is 14.8. The molecule has 1 aliphatic rings. The SMILES string of the molecule is CC(=O)OC[C@@H]1CCCO1.COC(C)(C)O.COS(=O)(=O)C(F)(F)F. The molecule has 0 unspecified atom stereocenters. The third kappa shape index (κ3) is 15.1. The molecule has 0 bridgehead atoms. The van der Waals surface area contributed by atoms with Crippen LogP contribution in [0.15, 0.2) is 0 Å². The summed E-state index contributed by atoms with van der Waals surface area (Å²) in [4.78, 5) is 10.3.